The minimum absolute atomic E-state index is 0.00369. The van der Waals surface area contributed by atoms with E-state index in [1.165, 1.54) is 12.1 Å². The number of thiocarbonyl (C=S) groups is 1. The molecule has 12 heteroatoms. The molecule has 2 aromatic rings. The second-order valence-corrected chi connectivity index (χ2v) is 8.21. The number of nitrogens with one attached hydrogen (secondary N) is 1. The number of alkyl halides is 6. The summed E-state index contributed by atoms with van der Waals surface area (Å²) in [5.74, 6) is -1.32. The van der Waals surface area contributed by atoms with Crippen LogP contribution in [0.2, 0.25) is 0 Å². The third-order valence-electron chi connectivity index (χ3n) is 4.24. The standard InChI is InChI=1S/C20H13F6NO3S2/c1-2-30-14-4-9(5-15-17(29)27-18(31)32-15)3-13(16(14)28)10-6-11(19(21,22)23)8-12(7-10)20(24,25)26/h3-8,28H,2H2,1H3,(H,27,29,31)/b15-5-. The van der Waals surface area contributed by atoms with Gasteiger partial charge in [-0.3, -0.25) is 4.79 Å². The Bertz CT molecular complexity index is 1090. The molecule has 32 heavy (non-hydrogen) atoms. The van der Waals surface area contributed by atoms with Gasteiger partial charge in [-0.1, -0.05) is 24.0 Å². The first-order chi connectivity index (χ1) is 14.8. The second-order valence-electron chi connectivity index (χ2n) is 6.50. The lowest BCUT2D eigenvalue weighted by atomic mass is 9.96. The summed E-state index contributed by atoms with van der Waals surface area (Å²) >= 11 is 5.83. The summed E-state index contributed by atoms with van der Waals surface area (Å²) in [7, 11) is 0. The molecule has 0 spiro atoms. The van der Waals surface area contributed by atoms with Gasteiger partial charge in [0.15, 0.2) is 11.5 Å². The first-order valence-electron chi connectivity index (χ1n) is 8.84. The Morgan fingerprint density at radius 3 is 2.12 bits per heavy atom. The van der Waals surface area contributed by atoms with E-state index >= 15 is 0 Å². The summed E-state index contributed by atoms with van der Waals surface area (Å²) in [4.78, 5) is 12.1. The largest absolute Gasteiger partial charge is 0.504 e. The molecule has 170 valence electrons. The van der Waals surface area contributed by atoms with Gasteiger partial charge in [-0.2, -0.15) is 26.3 Å². The molecule has 0 atom stereocenters. The van der Waals surface area contributed by atoms with E-state index < -0.39 is 40.7 Å². The van der Waals surface area contributed by atoms with Gasteiger partial charge in [-0.25, -0.2) is 0 Å². The highest BCUT2D eigenvalue weighted by atomic mass is 32.2. The molecule has 1 heterocycles. The number of ether oxygens (including phenoxy) is 1. The van der Waals surface area contributed by atoms with Crippen LogP contribution >= 0.6 is 24.0 Å². The van der Waals surface area contributed by atoms with Crippen LogP contribution in [0.15, 0.2) is 35.2 Å². The van der Waals surface area contributed by atoms with Crippen molar-refractivity contribution in [2.24, 2.45) is 0 Å². The van der Waals surface area contributed by atoms with Crippen LogP contribution in [0.1, 0.15) is 23.6 Å². The molecular weight excluding hydrogens is 480 g/mol. The fourth-order valence-corrected chi connectivity index (χ4v) is 3.93. The van der Waals surface area contributed by atoms with Crippen LogP contribution in [-0.4, -0.2) is 21.9 Å². The third-order valence-corrected chi connectivity index (χ3v) is 5.40. The van der Waals surface area contributed by atoms with Gasteiger partial charge in [0, 0.05) is 5.56 Å². The van der Waals surface area contributed by atoms with Gasteiger partial charge in [0.25, 0.3) is 5.91 Å². The monoisotopic (exact) mass is 493 g/mol. The van der Waals surface area contributed by atoms with Crippen LogP contribution < -0.4 is 10.1 Å². The molecule has 1 aliphatic rings. The number of phenolic OH excluding ortho intramolecular Hbond substituents is 1. The molecule has 4 nitrogen and oxygen atoms in total. The maximum Gasteiger partial charge on any atom is 0.416 e. The van der Waals surface area contributed by atoms with Gasteiger partial charge in [0.2, 0.25) is 0 Å². The average Bonchev–Trinajstić information content (AvgIpc) is 2.99. The molecule has 0 unspecified atom stereocenters. The van der Waals surface area contributed by atoms with Gasteiger partial charge in [0.1, 0.15) is 4.32 Å². The highest BCUT2D eigenvalue weighted by molar-refractivity contribution is 8.26. The SMILES string of the molecule is CCOc1cc(/C=C2\SC(=S)NC2=O)cc(-c2cc(C(F)(F)F)cc(C(F)(F)F)c2)c1O. The zero-order valence-corrected chi connectivity index (χ0v) is 17.7. The number of hydrogen-bond acceptors (Lipinski definition) is 5. The number of amides is 1. The maximum atomic E-state index is 13.3. The fraction of sp³-hybridized carbons (Fsp3) is 0.200. The van der Waals surface area contributed by atoms with E-state index in [0.717, 1.165) is 17.8 Å². The topological polar surface area (TPSA) is 58.6 Å². The van der Waals surface area contributed by atoms with Crippen LogP contribution in [0.4, 0.5) is 26.3 Å². The predicted molar refractivity (Wildman–Crippen MR) is 111 cm³/mol. The Hall–Kier alpha value is -2.73. The number of thioether (sulfide) groups is 1. The van der Waals surface area contributed by atoms with Crippen LogP contribution in [0, 0.1) is 0 Å². The van der Waals surface area contributed by atoms with Crippen LogP contribution in [0.25, 0.3) is 17.2 Å². The molecule has 0 bridgehead atoms. The van der Waals surface area contributed by atoms with Crippen molar-refractivity contribution in [2.45, 2.75) is 19.3 Å². The number of halogens is 6. The first kappa shape index (κ1) is 23.9. The number of aromatic hydroxyl groups is 1. The Labute approximate surface area is 187 Å². The van der Waals surface area contributed by atoms with E-state index in [1.807, 2.05) is 0 Å². The van der Waals surface area contributed by atoms with Crippen molar-refractivity contribution in [3.05, 3.63) is 51.9 Å². The van der Waals surface area contributed by atoms with Gasteiger partial charge in [-0.05, 0) is 54.5 Å². The number of rotatable bonds is 4. The summed E-state index contributed by atoms with van der Waals surface area (Å²) < 4.78 is 85.0. The minimum atomic E-state index is -5.05. The van der Waals surface area contributed by atoms with Gasteiger partial charge in [-0.15, -0.1) is 0 Å². The Balaban J connectivity index is 2.25. The number of benzene rings is 2. The summed E-state index contributed by atoms with van der Waals surface area (Å²) in [6.07, 6.45) is -8.77. The van der Waals surface area contributed by atoms with Crippen LogP contribution in [0.3, 0.4) is 0 Å². The summed E-state index contributed by atoms with van der Waals surface area (Å²) in [6, 6.07) is 3.47. The average molecular weight is 493 g/mol. The molecule has 1 saturated heterocycles. The van der Waals surface area contributed by atoms with Crippen molar-refractivity contribution < 1.29 is 41.0 Å². The number of phenols is 1. The van der Waals surface area contributed by atoms with E-state index in [0.29, 0.717) is 12.1 Å². The number of carbonyl (C=O) groups excluding carboxylic acids is 1. The predicted octanol–water partition coefficient (Wildman–Crippen LogP) is 5.98. The van der Waals surface area contributed by atoms with Crippen molar-refractivity contribution in [1.82, 2.24) is 5.32 Å². The maximum absolute atomic E-state index is 13.3. The molecule has 1 fully saturated rings. The van der Waals surface area contributed by atoms with Crippen molar-refractivity contribution in [1.29, 1.82) is 0 Å². The molecule has 1 amide bonds. The molecule has 0 aromatic heterocycles. The highest BCUT2D eigenvalue weighted by Gasteiger charge is 2.37. The zero-order chi connectivity index (χ0) is 23.8. The van der Waals surface area contributed by atoms with Gasteiger partial charge < -0.3 is 15.2 Å². The summed E-state index contributed by atoms with van der Waals surface area (Å²) in [5.41, 5.74) is -3.70. The van der Waals surface area contributed by atoms with Crippen molar-refractivity contribution >= 4 is 40.3 Å². The normalized spacial score (nSPS) is 15.9. The lowest BCUT2D eigenvalue weighted by Crippen LogP contribution is -2.17. The molecule has 2 aromatic carbocycles. The van der Waals surface area contributed by atoms with E-state index in [9.17, 15) is 36.2 Å². The quantitative estimate of drug-likeness (QED) is 0.312. The van der Waals surface area contributed by atoms with E-state index in [2.05, 4.69) is 5.32 Å². The number of carbonyl (C=O) groups is 1. The molecule has 3 rings (SSSR count). The Morgan fingerprint density at radius 1 is 1.06 bits per heavy atom. The molecule has 0 saturated carbocycles. The van der Waals surface area contributed by atoms with Gasteiger partial charge in [0.05, 0.1) is 22.6 Å². The highest BCUT2D eigenvalue weighted by Crippen LogP contribution is 2.44. The van der Waals surface area contributed by atoms with Crippen molar-refractivity contribution in [3.8, 4) is 22.6 Å². The fourth-order valence-electron chi connectivity index (χ4n) is 2.88. The lowest BCUT2D eigenvalue weighted by molar-refractivity contribution is -0.143. The molecule has 0 radical (unpaired) electrons. The number of hydrogen-bond donors (Lipinski definition) is 2. The molecule has 1 aliphatic heterocycles. The third kappa shape index (κ3) is 5.18. The molecular formula is C20H13F6NO3S2. The zero-order valence-electron chi connectivity index (χ0n) is 16.0. The molecule has 2 N–H and O–H groups in total. The van der Waals surface area contributed by atoms with E-state index in [1.54, 1.807) is 6.92 Å². The second kappa shape index (κ2) is 8.66. The van der Waals surface area contributed by atoms with Crippen molar-refractivity contribution in [3.63, 3.8) is 0 Å². The summed E-state index contributed by atoms with van der Waals surface area (Å²) in [6.45, 7) is 1.64. The van der Waals surface area contributed by atoms with E-state index in [-0.39, 0.29) is 38.8 Å². The summed E-state index contributed by atoms with van der Waals surface area (Å²) in [5, 5.41) is 12.9. The molecule has 0 aliphatic carbocycles. The van der Waals surface area contributed by atoms with Crippen LogP contribution in [0.5, 0.6) is 11.5 Å². The van der Waals surface area contributed by atoms with E-state index in [4.69, 9.17) is 17.0 Å². The van der Waals surface area contributed by atoms with Gasteiger partial charge >= 0.3 is 12.4 Å². The van der Waals surface area contributed by atoms with Crippen molar-refractivity contribution in [2.75, 3.05) is 6.61 Å². The Kier molecular flexibility index (Phi) is 6.47. The Morgan fingerprint density at radius 2 is 1.66 bits per heavy atom. The minimum Gasteiger partial charge on any atom is -0.504 e. The first-order valence-corrected chi connectivity index (χ1v) is 10.1. The smallest absolute Gasteiger partial charge is 0.416 e. The van der Waals surface area contributed by atoms with Crippen LogP contribution in [-0.2, 0) is 17.1 Å². The lowest BCUT2D eigenvalue weighted by Gasteiger charge is -2.17.